The first kappa shape index (κ1) is 27.5. The zero-order valence-electron chi connectivity index (χ0n) is 16.2. The summed E-state index contributed by atoms with van der Waals surface area (Å²) in [7, 11) is -19.2. The fraction of sp³-hybridized carbons (Fsp3) is 0.636. The molecule has 0 spiro atoms. The number of nitrogens with zero attached hydrogens (tertiary/aromatic N) is 4. The minimum absolute atomic E-state index is 0.108. The van der Waals surface area contributed by atoms with Crippen molar-refractivity contribution in [3.63, 3.8) is 0 Å². The SMILES string of the molecule is Cc1cn([C@H]2C[C@H](N=[N+]=[N-])[C@@H](COP(=O)(O)OP(=O)(O)C(F)(F)P(=O)(O)O)O2)c(=O)[nH]c1=O. The third-order valence-electron chi connectivity index (χ3n) is 4.17. The monoisotopic (exact) mass is 541 g/mol. The highest BCUT2D eigenvalue weighted by Gasteiger charge is 2.67. The number of alkyl halides is 2. The molecule has 33 heavy (non-hydrogen) atoms. The standard InChI is InChI=1S/C11H16F2N5O12P3/c1-5-3-18(10(20)15-9(5)19)8-2-6(16-17-14)7(29-8)4-28-33(26,27)30-32(24,25)11(12,13)31(21,22)23/h3,6-8H,2,4H2,1H3,(H,24,25)(H,26,27)(H,15,19,20)(H2,21,22,23)/t6-,7+,8+/m0/s1. The van der Waals surface area contributed by atoms with Crippen LogP contribution in [0, 0.1) is 6.92 Å². The Morgan fingerprint density at radius 2 is 1.94 bits per heavy atom. The lowest BCUT2D eigenvalue weighted by Gasteiger charge is -2.24. The van der Waals surface area contributed by atoms with Gasteiger partial charge in [0, 0.05) is 23.1 Å². The Kier molecular flexibility index (Phi) is 7.91. The number of aryl methyl sites for hydroxylation is 1. The summed E-state index contributed by atoms with van der Waals surface area (Å²) in [4.78, 5) is 63.6. The maximum absolute atomic E-state index is 13.5. The van der Waals surface area contributed by atoms with Crippen molar-refractivity contribution in [2.24, 2.45) is 5.11 Å². The van der Waals surface area contributed by atoms with E-state index in [1.807, 2.05) is 4.98 Å². The summed E-state index contributed by atoms with van der Waals surface area (Å²) in [5.74, 6) is 0. The van der Waals surface area contributed by atoms with Gasteiger partial charge in [0.25, 0.3) is 5.56 Å². The lowest BCUT2D eigenvalue weighted by atomic mass is 10.1. The van der Waals surface area contributed by atoms with E-state index in [4.69, 9.17) is 24.9 Å². The number of rotatable bonds is 9. The molecule has 1 saturated heterocycles. The van der Waals surface area contributed by atoms with Crippen LogP contribution in [-0.4, -0.2) is 53.3 Å². The van der Waals surface area contributed by atoms with E-state index in [-0.39, 0.29) is 12.0 Å². The van der Waals surface area contributed by atoms with E-state index in [0.717, 1.165) is 10.8 Å². The van der Waals surface area contributed by atoms with Crippen molar-refractivity contribution in [1.29, 1.82) is 0 Å². The Bertz CT molecular complexity index is 1220. The number of aromatic amines is 1. The van der Waals surface area contributed by atoms with Crippen LogP contribution in [-0.2, 0) is 27.3 Å². The van der Waals surface area contributed by atoms with E-state index in [9.17, 15) is 37.0 Å². The van der Waals surface area contributed by atoms with Crippen molar-refractivity contribution in [1.82, 2.24) is 9.55 Å². The number of H-pyrrole nitrogens is 1. The van der Waals surface area contributed by atoms with Crippen LogP contribution in [0.4, 0.5) is 8.78 Å². The van der Waals surface area contributed by atoms with Crippen LogP contribution < -0.4 is 11.2 Å². The number of aromatic nitrogens is 2. The number of halogens is 2. The maximum Gasteiger partial charge on any atom is 0.479 e. The van der Waals surface area contributed by atoms with Crippen LogP contribution in [0.3, 0.4) is 0 Å². The summed E-state index contributed by atoms with van der Waals surface area (Å²) in [6.07, 6.45) is -1.70. The molecule has 1 aliphatic rings. The van der Waals surface area contributed by atoms with E-state index in [2.05, 4.69) is 18.9 Å². The van der Waals surface area contributed by atoms with Gasteiger partial charge in [-0.05, 0) is 12.5 Å². The number of hydrogen-bond donors (Lipinski definition) is 5. The lowest BCUT2D eigenvalue weighted by Crippen LogP contribution is -2.33. The zero-order chi connectivity index (χ0) is 25.4. The Morgan fingerprint density at radius 1 is 1.33 bits per heavy atom. The van der Waals surface area contributed by atoms with Crippen LogP contribution in [0.25, 0.3) is 10.4 Å². The Hall–Kier alpha value is -1.74. The molecule has 1 aromatic rings. The molecule has 2 heterocycles. The first-order valence-electron chi connectivity index (χ1n) is 8.38. The molecule has 5 N–H and O–H groups in total. The second-order valence-electron chi connectivity index (χ2n) is 6.54. The summed E-state index contributed by atoms with van der Waals surface area (Å²) in [6, 6.07) is -1.17. The molecular weight excluding hydrogens is 525 g/mol. The number of phosphoric acid groups is 1. The average molecular weight is 541 g/mol. The van der Waals surface area contributed by atoms with E-state index < -0.39 is 64.6 Å². The summed E-state index contributed by atoms with van der Waals surface area (Å²) in [6.45, 7) is 0.293. The Balaban J connectivity index is 2.19. The van der Waals surface area contributed by atoms with Gasteiger partial charge in [-0.15, -0.1) is 0 Å². The third-order valence-corrected chi connectivity index (χ3v) is 9.27. The van der Waals surface area contributed by atoms with Gasteiger partial charge in [0.2, 0.25) is 0 Å². The normalized spacial score (nSPS) is 25.1. The van der Waals surface area contributed by atoms with Crippen LogP contribution in [0.1, 0.15) is 18.2 Å². The molecule has 0 saturated carbocycles. The first-order chi connectivity index (χ1) is 14.9. The Morgan fingerprint density at radius 3 is 2.48 bits per heavy atom. The number of azide groups is 1. The summed E-state index contributed by atoms with van der Waals surface area (Å²) in [5, 5.41) is -2.38. The molecule has 5 atom stereocenters. The molecule has 17 nitrogen and oxygen atoms in total. The maximum atomic E-state index is 13.5. The van der Waals surface area contributed by atoms with Crippen molar-refractivity contribution in [2.45, 2.75) is 37.1 Å². The minimum Gasteiger partial charge on any atom is -0.352 e. The lowest BCUT2D eigenvalue weighted by molar-refractivity contribution is -0.0268. The molecule has 186 valence electrons. The molecule has 22 heteroatoms. The molecule has 0 aromatic carbocycles. The van der Waals surface area contributed by atoms with E-state index in [0.29, 0.717) is 0 Å². The summed E-state index contributed by atoms with van der Waals surface area (Å²) in [5.41, 5.74) is 7.19. The minimum atomic E-state index is -6.74. The highest BCUT2D eigenvalue weighted by molar-refractivity contribution is 7.75. The molecule has 0 amide bonds. The van der Waals surface area contributed by atoms with Gasteiger partial charge in [0.05, 0.1) is 18.8 Å². The Labute approximate surface area is 180 Å². The fourth-order valence-electron chi connectivity index (χ4n) is 2.57. The van der Waals surface area contributed by atoms with Crippen molar-refractivity contribution in [3.05, 3.63) is 43.0 Å². The van der Waals surface area contributed by atoms with Gasteiger partial charge in [-0.2, -0.15) is 8.78 Å². The van der Waals surface area contributed by atoms with Gasteiger partial charge in [-0.25, -0.2) is 13.7 Å². The van der Waals surface area contributed by atoms with Gasteiger partial charge in [0.15, 0.2) is 0 Å². The van der Waals surface area contributed by atoms with Crippen molar-refractivity contribution in [2.75, 3.05) is 6.61 Å². The molecule has 1 aromatic heterocycles. The van der Waals surface area contributed by atoms with Crippen LogP contribution in [0.5, 0.6) is 0 Å². The quantitative estimate of drug-likeness (QED) is 0.126. The van der Waals surface area contributed by atoms with Gasteiger partial charge >= 0.3 is 34.1 Å². The second kappa shape index (κ2) is 9.49. The van der Waals surface area contributed by atoms with E-state index >= 15 is 0 Å². The predicted octanol–water partition coefficient (Wildman–Crippen LogP) is 0.858. The zero-order valence-corrected chi connectivity index (χ0v) is 18.8. The van der Waals surface area contributed by atoms with Gasteiger partial charge < -0.3 is 24.3 Å². The van der Waals surface area contributed by atoms with E-state index in [1.165, 1.54) is 6.92 Å². The van der Waals surface area contributed by atoms with Gasteiger partial charge in [0.1, 0.15) is 6.23 Å². The van der Waals surface area contributed by atoms with Crippen LogP contribution in [0.2, 0.25) is 0 Å². The molecule has 0 bridgehead atoms. The number of phosphoric ester groups is 1. The highest BCUT2D eigenvalue weighted by Crippen LogP contribution is 2.77. The molecule has 1 fully saturated rings. The second-order valence-corrected chi connectivity index (χ2v) is 12.0. The molecule has 2 unspecified atom stereocenters. The van der Waals surface area contributed by atoms with E-state index in [1.54, 1.807) is 0 Å². The largest absolute Gasteiger partial charge is 0.479 e. The van der Waals surface area contributed by atoms with Crippen molar-refractivity contribution >= 4 is 23.0 Å². The topological polar surface area (TPSA) is 263 Å². The average Bonchev–Trinajstić information content (AvgIpc) is 3.04. The summed E-state index contributed by atoms with van der Waals surface area (Å²) >= 11 is 0. The predicted molar refractivity (Wildman–Crippen MR) is 101 cm³/mol. The third kappa shape index (κ3) is 6.04. The fourth-order valence-corrected chi connectivity index (χ4v) is 6.25. The van der Waals surface area contributed by atoms with Gasteiger partial charge in [-0.3, -0.25) is 28.0 Å². The summed E-state index contributed by atoms with van der Waals surface area (Å²) < 4.78 is 75.0. The number of hydrogen-bond acceptors (Lipinski definition) is 9. The first-order valence-corrected chi connectivity index (χ1v) is 13.1. The molecule has 0 radical (unpaired) electrons. The number of ether oxygens (including phenoxy) is 1. The number of nitrogens with one attached hydrogen (secondary N) is 1. The molecule has 0 aliphatic carbocycles. The van der Waals surface area contributed by atoms with Crippen LogP contribution >= 0.6 is 23.0 Å². The molecular formula is C11H16F2N5O12P3. The van der Waals surface area contributed by atoms with Crippen molar-refractivity contribution in [3.8, 4) is 0 Å². The molecule has 1 aliphatic heterocycles. The van der Waals surface area contributed by atoms with Gasteiger partial charge in [-0.1, -0.05) is 5.11 Å². The molecule has 2 rings (SSSR count). The smallest absolute Gasteiger partial charge is 0.352 e. The van der Waals surface area contributed by atoms with Crippen LogP contribution in [0.15, 0.2) is 20.9 Å². The van der Waals surface area contributed by atoms with Crippen molar-refractivity contribution < 1.29 is 55.6 Å². The highest BCUT2D eigenvalue weighted by atomic mass is 31.3.